The van der Waals surface area contributed by atoms with Crippen molar-refractivity contribution in [1.29, 1.82) is 0 Å². The number of carbonyl (C=O) groups is 1. The van der Waals surface area contributed by atoms with Gasteiger partial charge in [-0.05, 0) is 56.8 Å². The molecule has 11 atom stereocenters. The molecule has 0 aromatic heterocycles. The Kier molecular flexibility index (Phi) is 32.3. The minimum absolute atomic E-state index is 0.262. The van der Waals surface area contributed by atoms with Crippen LogP contribution in [0, 0.1) is 11.8 Å². The van der Waals surface area contributed by atoms with Crippen LogP contribution in [-0.2, 0) is 14.3 Å². The van der Waals surface area contributed by atoms with Crippen LogP contribution in [-0.4, -0.2) is 110 Å². The van der Waals surface area contributed by atoms with E-state index in [4.69, 9.17) is 9.47 Å². The van der Waals surface area contributed by atoms with Crippen LogP contribution >= 0.6 is 0 Å². The van der Waals surface area contributed by atoms with Gasteiger partial charge in [0.05, 0.1) is 25.4 Å². The third-order valence-electron chi connectivity index (χ3n) is 13.0. The third-order valence-corrected chi connectivity index (χ3v) is 13.0. The van der Waals surface area contributed by atoms with Gasteiger partial charge in [-0.15, -0.1) is 0 Å². The Bertz CT molecular complexity index is 1050. The van der Waals surface area contributed by atoms with E-state index in [-0.39, 0.29) is 6.42 Å². The molecule has 8 N–H and O–H groups in total. The highest BCUT2D eigenvalue weighted by Gasteiger charge is 2.44. The van der Waals surface area contributed by atoms with E-state index in [1.807, 2.05) is 0 Å². The standard InChI is InChI=1S/C49H93NO10/c1-3-5-7-9-10-11-12-13-14-15-16-17-18-19-20-21-26-30-34-42(53)48(58)50-40(37-59-49-47(57)46(56)45(55)43(36-51)60-49)44(54)41(52)33-29-25-23-22-24-28-32-39-35-38(39)31-27-8-6-4-2/h11-12,38-47,49,51-57H,3-10,13-37H2,1-2H3,(H,50,58). The van der Waals surface area contributed by atoms with Gasteiger partial charge in [-0.25, -0.2) is 0 Å². The summed E-state index contributed by atoms with van der Waals surface area (Å²) in [5.74, 6) is 1.21. The predicted octanol–water partition coefficient (Wildman–Crippen LogP) is 8.31. The second-order valence-electron chi connectivity index (χ2n) is 18.5. The van der Waals surface area contributed by atoms with Gasteiger partial charge in [0.1, 0.15) is 36.6 Å². The first kappa shape index (κ1) is 55.0. The van der Waals surface area contributed by atoms with Crippen LogP contribution in [0.3, 0.4) is 0 Å². The summed E-state index contributed by atoms with van der Waals surface area (Å²) in [6, 6.07) is -1.16. The molecule has 1 aliphatic carbocycles. The maximum atomic E-state index is 13.1. The van der Waals surface area contributed by atoms with Crippen molar-refractivity contribution in [3.63, 3.8) is 0 Å². The molecule has 354 valence electrons. The number of nitrogens with one attached hydrogen (secondary N) is 1. The molecule has 0 radical (unpaired) electrons. The molecule has 1 amide bonds. The smallest absolute Gasteiger partial charge is 0.249 e. The first-order valence-electron chi connectivity index (χ1n) is 25.1. The molecule has 2 rings (SSSR count). The number of allylic oxidation sites excluding steroid dienone is 2. The van der Waals surface area contributed by atoms with E-state index in [2.05, 4.69) is 31.3 Å². The molecule has 1 heterocycles. The number of aliphatic hydroxyl groups excluding tert-OH is 7. The summed E-state index contributed by atoms with van der Waals surface area (Å²) < 4.78 is 11.1. The van der Waals surface area contributed by atoms with Crippen molar-refractivity contribution < 1.29 is 50.0 Å². The van der Waals surface area contributed by atoms with Crippen LogP contribution < -0.4 is 5.32 Å². The average Bonchev–Trinajstić information content (AvgIpc) is 4.01. The second-order valence-corrected chi connectivity index (χ2v) is 18.5. The highest BCUT2D eigenvalue weighted by molar-refractivity contribution is 5.80. The zero-order chi connectivity index (χ0) is 43.8. The van der Waals surface area contributed by atoms with Gasteiger partial charge < -0.3 is 50.5 Å². The number of carbonyl (C=O) groups excluding carboxylic acids is 1. The van der Waals surface area contributed by atoms with Crippen molar-refractivity contribution in [3.8, 4) is 0 Å². The van der Waals surface area contributed by atoms with Crippen molar-refractivity contribution in [1.82, 2.24) is 5.32 Å². The van der Waals surface area contributed by atoms with Crippen LogP contribution in [0.4, 0.5) is 0 Å². The molecular formula is C49H93NO10. The molecule has 0 bridgehead atoms. The third kappa shape index (κ3) is 24.6. The van der Waals surface area contributed by atoms with Gasteiger partial charge in [0.25, 0.3) is 0 Å². The average molecular weight is 856 g/mol. The Morgan fingerprint density at radius 1 is 0.633 bits per heavy atom. The van der Waals surface area contributed by atoms with Gasteiger partial charge in [-0.1, -0.05) is 180 Å². The largest absolute Gasteiger partial charge is 0.394 e. The van der Waals surface area contributed by atoms with Gasteiger partial charge >= 0.3 is 0 Å². The number of aliphatic hydroxyl groups is 7. The zero-order valence-electron chi connectivity index (χ0n) is 38.2. The van der Waals surface area contributed by atoms with Gasteiger partial charge in [0, 0.05) is 0 Å². The molecule has 11 unspecified atom stereocenters. The monoisotopic (exact) mass is 856 g/mol. The first-order chi connectivity index (χ1) is 29.1. The summed E-state index contributed by atoms with van der Waals surface area (Å²) in [6.07, 6.45) is 28.7. The number of amides is 1. The molecule has 11 nitrogen and oxygen atoms in total. The molecular weight excluding hydrogens is 763 g/mol. The van der Waals surface area contributed by atoms with Crippen LogP contribution in [0.15, 0.2) is 12.2 Å². The van der Waals surface area contributed by atoms with Gasteiger partial charge in [-0.3, -0.25) is 4.79 Å². The molecule has 11 heteroatoms. The minimum Gasteiger partial charge on any atom is -0.394 e. The van der Waals surface area contributed by atoms with Crippen molar-refractivity contribution in [3.05, 3.63) is 12.2 Å². The molecule has 1 saturated carbocycles. The van der Waals surface area contributed by atoms with Crippen LogP contribution in [0.5, 0.6) is 0 Å². The quantitative estimate of drug-likeness (QED) is 0.0220. The summed E-state index contributed by atoms with van der Waals surface area (Å²) in [5.41, 5.74) is 0. The van der Waals surface area contributed by atoms with E-state index in [9.17, 15) is 40.5 Å². The molecule has 60 heavy (non-hydrogen) atoms. The van der Waals surface area contributed by atoms with E-state index >= 15 is 0 Å². The molecule has 1 saturated heterocycles. The van der Waals surface area contributed by atoms with E-state index in [1.54, 1.807) is 0 Å². The summed E-state index contributed by atoms with van der Waals surface area (Å²) in [4.78, 5) is 13.1. The maximum absolute atomic E-state index is 13.1. The molecule has 2 aliphatic rings. The van der Waals surface area contributed by atoms with Crippen molar-refractivity contribution in [2.24, 2.45) is 11.8 Å². The number of ether oxygens (including phenoxy) is 2. The molecule has 0 aromatic carbocycles. The Labute approximate surface area is 365 Å². The summed E-state index contributed by atoms with van der Waals surface area (Å²) in [5, 5.41) is 75.9. The lowest BCUT2D eigenvalue weighted by Gasteiger charge is -2.40. The van der Waals surface area contributed by atoms with Crippen molar-refractivity contribution in [2.75, 3.05) is 13.2 Å². The lowest BCUT2D eigenvalue weighted by Crippen LogP contribution is -2.60. The second kappa shape index (κ2) is 35.2. The summed E-state index contributed by atoms with van der Waals surface area (Å²) in [6.45, 7) is 3.46. The Morgan fingerprint density at radius 3 is 1.63 bits per heavy atom. The van der Waals surface area contributed by atoms with E-state index in [0.717, 1.165) is 50.4 Å². The normalized spacial score (nSPS) is 25.1. The van der Waals surface area contributed by atoms with E-state index in [1.165, 1.54) is 135 Å². The highest BCUT2D eigenvalue weighted by Crippen LogP contribution is 2.45. The fourth-order valence-electron chi connectivity index (χ4n) is 8.73. The summed E-state index contributed by atoms with van der Waals surface area (Å²) >= 11 is 0. The van der Waals surface area contributed by atoms with Gasteiger partial charge in [0.2, 0.25) is 5.91 Å². The zero-order valence-corrected chi connectivity index (χ0v) is 38.2. The minimum atomic E-state index is -1.66. The Hall–Kier alpha value is -1.15. The number of rotatable bonds is 40. The topological polar surface area (TPSA) is 189 Å². The fourth-order valence-corrected chi connectivity index (χ4v) is 8.73. The van der Waals surface area contributed by atoms with Crippen LogP contribution in [0.1, 0.15) is 213 Å². The number of hydrogen-bond donors (Lipinski definition) is 8. The van der Waals surface area contributed by atoms with Gasteiger partial charge in [0.15, 0.2) is 6.29 Å². The lowest BCUT2D eigenvalue weighted by molar-refractivity contribution is -0.303. The fraction of sp³-hybridized carbons (Fsp3) is 0.939. The molecule has 1 aliphatic heterocycles. The molecule has 0 aromatic rings. The SMILES string of the molecule is CCCCCCC=CCCCCCCCCCCCCC(O)C(=O)NC(COC1OC(CO)C(O)C(O)C1O)C(O)C(O)CCCCCCCCC1CC1CCCCCC. The Morgan fingerprint density at radius 2 is 1.10 bits per heavy atom. The van der Waals surface area contributed by atoms with Crippen molar-refractivity contribution in [2.45, 2.75) is 268 Å². The van der Waals surface area contributed by atoms with E-state index in [0.29, 0.717) is 19.3 Å². The molecule has 2 fully saturated rings. The van der Waals surface area contributed by atoms with E-state index < -0.39 is 74.2 Å². The Balaban J connectivity index is 1.67. The van der Waals surface area contributed by atoms with Crippen LogP contribution in [0.25, 0.3) is 0 Å². The predicted molar refractivity (Wildman–Crippen MR) is 240 cm³/mol. The number of hydrogen-bond acceptors (Lipinski definition) is 10. The van der Waals surface area contributed by atoms with Crippen molar-refractivity contribution >= 4 is 5.91 Å². The molecule has 0 spiro atoms. The summed E-state index contributed by atoms with van der Waals surface area (Å²) in [7, 11) is 0. The number of unbranched alkanes of at least 4 members (excludes halogenated alkanes) is 22. The maximum Gasteiger partial charge on any atom is 0.249 e. The van der Waals surface area contributed by atoms with Gasteiger partial charge in [-0.2, -0.15) is 0 Å². The first-order valence-corrected chi connectivity index (χ1v) is 25.1. The highest BCUT2D eigenvalue weighted by atomic mass is 16.7. The lowest BCUT2D eigenvalue weighted by atomic mass is 9.98. The van der Waals surface area contributed by atoms with Crippen LogP contribution in [0.2, 0.25) is 0 Å².